The SMILES string of the molecule is CCNC(C1CCC(C)CC1)C1CC1. The molecule has 1 nitrogen and oxygen atoms in total. The van der Waals surface area contributed by atoms with Gasteiger partial charge in [-0.2, -0.15) is 0 Å². The van der Waals surface area contributed by atoms with Crippen LogP contribution in [0.15, 0.2) is 0 Å². The Kier molecular flexibility index (Phi) is 3.48. The van der Waals surface area contributed by atoms with Gasteiger partial charge >= 0.3 is 0 Å². The van der Waals surface area contributed by atoms with Crippen molar-refractivity contribution in [3.8, 4) is 0 Å². The molecule has 82 valence electrons. The van der Waals surface area contributed by atoms with Gasteiger partial charge in [-0.1, -0.05) is 26.7 Å². The van der Waals surface area contributed by atoms with Gasteiger partial charge < -0.3 is 5.32 Å². The first-order valence-electron chi connectivity index (χ1n) is 6.54. The van der Waals surface area contributed by atoms with Crippen LogP contribution in [-0.2, 0) is 0 Å². The first kappa shape index (κ1) is 10.5. The van der Waals surface area contributed by atoms with Crippen LogP contribution >= 0.6 is 0 Å². The van der Waals surface area contributed by atoms with E-state index < -0.39 is 0 Å². The Morgan fingerprint density at radius 2 is 1.50 bits per heavy atom. The third kappa shape index (κ3) is 2.50. The summed E-state index contributed by atoms with van der Waals surface area (Å²) in [6.07, 6.45) is 8.89. The molecule has 2 fully saturated rings. The second kappa shape index (κ2) is 4.65. The summed E-state index contributed by atoms with van der Waals surface area (Å²) in [5, 5.41) is 3.73. The van der Waals surface area contributed by atoms with Crippen molar-refractivity contribution in [2.24, 2.45) is 17.8 Å². The van der Waals surface area contributed by atoms with Crippen LogP contribution in [0.2, 0.25) is 0 Å². The van der Waals surface area contributed by atoms with Gasteiger partial charge in [0.15, 0.2) is 0 Å². The van der Waals surface area contributed by atoms with E-state index in [1.54, 1.807) is 0 Å². The summed E-state index contributed by atoms with van der Waals surface area (Å²) in [6, 6.07) is 0.868. The van der Waals surface area contributed by atoms with Gasteiger partial charge in [-0.25, -0.2) is 0 Å². The molecule has 14 heavy (non-hydrogen) atoms. The van der Waals surface area contributed by atoms with Gasteiger partial charge in [-0.15, -0.1) is 0 Å². The Morgan fingerprint density at radius 1 is 1.00 bits per heavy atom. The minimum Gasteiger partial charge on any atom is -0.314 e. The lowest BCUT2D eigenvalue weighted by Gasteiger charge is -2.33. The predicted octanol–water partition coefficient (Wildman–Crippen LogP) is 3.20. The highest BCUT2D eigenvalue weighted by atomic mass is 14.9. The number of rotatable bonds is 4. The molecule has 1 N–H and O–H groups in total. The van der Waals surface area contributed by atoms with Gasteiger partial charge in [0, 0.05) is 6.04 Å². The molecule has 0 amide bonds. The van der Waals surface area contributed by atoms with E-state index in [0.29, 0.717) is 0 Å². The number of hydrogen-bond acceptors (Lipinski definition) is 1. The molecule has 0 aromatic rings. The molecule has 0 saturated heterocycles. The molecule has 1 unspecified atom stereocenters. The van der Waals surface area contributed by atoms with Gasteiger partial charge in [-0.3, -0.25) is 0 Å². The largest absolute Gasteiger partial charge is 0.314 e. The molecule has 2 saturated carbocycles. The lowest BCUT2D eigenvalue weighted by atomic mass is 9.78. The standard InChI is InChI=1S/C13H25N/c1-3-14-13(12-8-9-12)11-6-4-10(2)5-7-11/h10-14H,3-9H2,1-2H3. The first-order valence-corrected chi connectivity index (χ1v) is 6.54. The van der Waals surface area contributed by atoms with E-state index in [1.807, 2.05) is 0 Å². The van der Waals surface area contributed by atoms with Gasteiger partial charge in [0.25, 0.3) is 0 Å². The van der Waals surface area contributed by atoms with Crippen molar-refractivity contribution < 1.29 is 0 Å². The first-order chi connectivity index (χ1) is 6.81. The van der Waals surface area contributed by atoms with Gasteiger partial charge in [0.1, 0.15) is 0 Å². The Labute approximate surface area is 88.7 Å². The molecule has 0 bridgehead atoms. The van der Waals surface area contributed by atoms with Crippen molar-refractivity contribution in [1.82, 2.24) is 5.32 Å². The maximum absolute atomic E-state index is 3.73. The highest BCUT2D eigenvalue weighted by molar-refractivity contribution is 4.92. The summed E-state index contributed by atoms with van der Waals surface area (Å²) in [5.41, 5.74) is 0. The average Bonchev–Trinajstić information content (AvgIpc) is 2.99. The maximum Gasteiger partial charge on any atom is 0.0123 e. The molecule has 0 aliphatic heterocycles. The molecule has 2 aliphatic rings. The fourth-order valence-corrected chi connectivity index (χ4v) is 3.05. The molecule has 0 aromatic carbocycles. The topological polar surface area (TPSA) is 12.0 Å². The molecule has 1 atom stereocenters. The van der Waals surface area contributed by atoms with Crippen LogP contribution in [0.25, 0.3) is 0 Å². The van der Waals surface area contributed by atoms with Crippen molar-refractivity contribution in [2.45, 2.75) is 58.4 Å². The van der Waals surface area contributed by atoms with Crippen LogP contribution < -0.4 is 5.32 Å². The normalized spacial score (nSPS) is 35.6. The Balaban J connectivity index is 1.84. The summed E-state index contributed by atoms with van der Waals surface area (Å²) in [7, 11) is 0. The molecule has 0 radical (unpaired) electrons. The van der Waals surface area contributed by atoms with Crippen molar-refractivity contribution in [2.75, 3.05) is 6.54 Å². The van der Waals surface area contributed by atoms with Crippen molar-refractivity contribution in [3.63, 3.8) is 0 Å². The van der Waals surface area contributed by atoms with Crippen molar-refractivity contribution in [3.05, 3.63) is 0 Å². The van der Waals surface area contributed by atoms with E-state index in [-0.39, 0.29) is 0 Å². The van der Waals surface area contributed by atoms with Crippen LogP contribution in [0, 0.1) is 17.8 Å². The second-order valence-electron chi connectivity index (χ2n) is 5.44. The van der Waals surface area contributed by atoms with Crippen molar-refractivity contribution in [1.29, 1.82) is 0 Å². The van der Waals surface area contributed by atoms with E-state index in [1.165, 1.54) is 38.5 Å². The lowest BCUT2D eigenvalue weighted by Crippen LogP contribution is -2.39. The zero-order chi connectivity index (χ0) is 9.97. The molecule has 0 heterocycles. The summed E-state index contributed by atoms with van der Waals surface area (Å²) in [4.78, 5) is 0. The third-order valence-corrected chi connectivity index (χ3v) is 4.14. The fraction of sp³-hybridized carbons (Fsp3) is 1.00. The minimum atomic E-state index is 0.868. The lowest BCUT2D eigenvalue weighted by molar-refractivity contribution is 0.216. The monoisotopic (exact) mass is 195 g/mol. The Hall–Kier alpha value is -0.0400. The summed E-state index contributed by atoms with van der Waals surface area (Å²) >= 11 is 0. The minimum absolute atomic E-state index is 0.868. The maximum atomic E-state index is 3.73. The van der Waals surface area contributed by atoms with E-state index in [4.69, 9.17) is 0 Å². The van der Waals surface area contributed by atoms with Gasteiger partial charge in [0.05, 0.1) is 0 Å². The molecule has 0 aromatic heterocycles. The van der Waals surface area contributed by atoms with Crippen LogP contribution in [0.4, 0.5) is 0 Å². The zero-order valence-electron chi connectivity index (χ0n) is 9.76. The zero-order valence-corrected chi connectivity index (χ0v) is 9.76. The number of nitrogens with one attached hydrogen (secondary N) is 1. The quantitative estimate of drug-likeness (QED) is 0.726. The fourth-order valence-electron chi connectivity index (χ4n) is 3.05. The van der Waals surface area contributed by atoms with Crippen LogP contribution in [0.3, 0.4) is 0 Å². The smallest absolute Gasteiger partial charge is 0.0123 e. The van der Waals surface area contributed by atoms with Gasteiger partial charge in [-0.05, 0) is 50.0 Å². The highest BCUT2D eigenvalue weighted by Crippen LogP contribution is 2.41. The van der Waals surface area contributed by atoms with Crippen LogP contribution in [0.1, 0.15) is 52.4 Å². The Bertz CT molecular complexity index is 166. The van der Waals surface area contributed by atoms with Crippen molar-refractivity contribution >= 4 is 0 Å². The van der Waals surface area contributed by atoms with E-state index in [2.05, 4.69) is 19.2 Å². The molecule has 2 aliphatic carbocycles. The average molecular weight is 195 g/mol. The van der Waals surface area contributed by atoms with E-state index >= 15 is 0 Å². The summed E-state index contributed by atoms with van der Waals surface area (Å²) in [5.74, 6) is 3.03. The highest BCUT2D eigenvalue weighted by Gasteiger charge is 2.36. The molecule has 0 spiro atoms. The predicted molar refractivity (Wildman–Crippen MR) is 61.3 cm³/mol. The van der Waals surface area contributed by atoms with Crippen LogP contribution in [0.5, 0.6) is 0 Å². The molecule has 2 rings (SSSR count). The molecule has 1 heteroatoms. The second-order valence-corrected chi connectivity index (χ2v) is 5.44. The third-order valence-electron chi connectivity index (χ3n) is 4.14. The van der Waals surface area contributed by atoms with Gasteiger partial charge in [0.2, 0.25) is 0 Å². The Morgan fingerprint density at radius 3 is 1.93 bits per heavy atom. The number of hydrogen-bond donors (Lipinski definition) is 1. The van der Waals surface area contributed by atoms with Crippen LogP contribution in [-0.4, -0.2) is 12.6 Å². The molecular weight excluding hydrogens is 170 g/mol. The summed E-state index contributed by atoms with van der Waals surface area (Å²) in [6.45, 7) is 5.82. The van der Waals surface area contributed by atoms with E-state index in [0.717, 1.165) is 30.3 Å². The molecular formula is C13H25N. The van der Waals surface area contributed by atoms with E-state index in [9.17, 15) is 0 Å². The summed E-state index contributed by atoms with van der Waals surface area (Å²) < 4.78 is 0.